The third kappa shape index (κ3) is 3.35. The van der Waals surface area contributed by atoms with E-state index >= 15 is 0 Å². The minimum atomic E-state index is -0.901. The molecule has 0 fully saturated rings. The summed E-state index contributed by atoms with van der Waals surface area (Å²) in [6, 6.07) is 11.3. The van der Waals surface area contributed by atoms with Crippen LogP contribution in [0.15, 0.2) is 40.9 Å². The SMILES string of the molecule is Cc1cc(Br)cc(Nc2ccc(C(=O)O)c(C)c2)c1. The molecule has 2 aromatic rings. The molecular weight excluding hydrogens is 306 g/mol. The van der Waals surface area contributed by atoms with Crippen molar-refractivity contribution in [3.05, 3.63) is 57.6 Å². The van der Waals surface area contributed by atoms with E-state index in [9.17, 15) is 4.79 Å². The molecule has 2 rings (SSSR count). The lowest BCUT2D eigenvalue weighted by Gasteiger charge is -2.10. The fourth-order valence-electron chi connectivity index (χ4n) is 1.96. The molecule has 0 spiro atoms. The number of carboxylic acids is 1. The molecule has 3 nitrogen and oxygen atoms in total. The van der Waals surface area contributed by atoms with E-state index in [1.807, 2.05) is 31.2 Å². The van der Waals surface area contributed by atoms with E-state index in [1.165, 1.54) is 0 Å². The van der Waals surface area contributed by atoms with Crippen LogP contribution >= 0.6 is 15.9 Å². The van der Waals surface area contributed by atoms with Crippen molar-refractivity contribution >= 4 is 33.3 Å². The van der Waals surface area contributed by atoms with Crippen molar-refractivity contribution in [2.75, 3.05) is 5.32 Å². The predicted octanol–water partition coefficient (Wildman–Crippen LogP) is 4.51. The minimum Gasteiger partial charge on any atom is -0.478 e. The van der Waals surface area contributed by atoms with Gasteiger partial charge in [0.25, 0.3) is 0 Å². The fourth-order valence-corrected chi connectivity index (χ4v) is 2.56. The van der Waals surface area contributed by atoms with Crippen LogP contribution in [0.25, 0.3) is 0 Å². The summed E-state index contributed by atoms with van der Waals surface area (Å²) in [5.74, 6) is -0.901. The molecule has 0 atom stereocenters. The molecule has 0 bridgehead atoms. The summed E-state index contributed by atoms with van der Waals surface area (Å²) in [6.45, 7) is 3.81. The molecule has 98 valence electrons. The molecule has 0 aliphatic rings. The molecule has 0 aliphatic heterocycles. The van der Waals surface area contributed by atoms with Gasteiger partial charge in [0.05, 0.1) is 5.56 Å². The second kappa shape index (κ2) is 5.45. The summed E-state index contributed by atoms with van der Waals surface area (Å²) in [4.78, 5) is 11.0. The number of halogens is 1. The van der Waals surface area contributed by atoms with Gasteiger partial charge in [-0.2, -0.15) is 0 Å². The Kier molecular flexibility index (Phi) is 3.90. The van der Waals surface area contributed by atoms with Crippen LogP contribution in [0.4, 0.5) is 11.4 Å². The van der Waals surface area contributed by atoms with E-state index < -0.39 is 5.97 Å². The van der Waals surface area contributed by atoms with Crippen LogP contribution in [0.2, 0.25) is 0 Å². The van der Waals surface area contributed by atoms with Gasteiger partial charge >= 0.3 is 5.97 Å². The van der Waals surface area contributed by atoms with Gasteiger partial charge in [-0.25, -0.2) is 4.79 Å². The smallest absolute Gasteiger partial charge is 0.335 e. The summed E-state index contributed by atoms with van der Waals surface area (Å²) >= 11 is 3.45. The maximum atomic E-state index is 11.0. The fraction of sp³-hybridized carbons (Fsp3) is 0.133. The van der Waals surface area contributed by atoms with Crippen molar-refractivity contribution in [1.29, 1.82) is 0 Å². The lowest BCUT2D eigenvalue weighted by molar-refractivity contribution is 0.0696. The van der Waals surface area contributed by atoms with Crippen molar-refractivity contribution in [3.63, 3.8) is 0 Å². The monoisotopic (exact) mass is 319 g/mol. The van der Waals surface area contributed by atoms with Crippen LogP contribution in [-0.4, -0.2) is 11.1 Å². The first kappa shape index (κ1) is 13.6. The van der Waals surface area contributed by atoms with Gasteiger partial charge in [-0.1, -0.05) is 15.9 Å². The van der Waals surface area contributed by atoms with Gasteiger partial charge in [0.15, 0.2) is 0 Å². The molecule has 0 unspecified atom stereocenters. The van der Waals surface area contributed by atoms with E-state index in [1.54, 1.807) is 19.1 Å². The summed E-state index contributed by atoms with van der Waals surface area (Å²) in [5.41, 5.74) is 4.06. The molecule has 0 aromatic heterocycles. The number of aryl methyl sites for hydroxylation is 2. The molecule has 0 saturated heterocycles. The highest BCUT2D eigenvalue weighted by molar-refractivity contribution is 9.10. The summed E-state index contributed by atoms with van der Waals surface area (Å²) < 4.78 is 1.01. The molecule has 0 saturated carbocycles. The van der Waals surface area contributed by atoms with E-state index in [4.69, 9.17) is 5.11 Å². The van der Waals surface area contributed by atoms with Gasteiger partial charge in [0, 0.05) is 15.8 Å². The number of nitrogens with one attached hydrogen (secondary N) is 1. The highest BCUT2D eigenvalue weighted by Crippen LogP contribution is 2.24. The molecule has 0 amide bonds. The molecule has 0 heterocycles. The zero-order valence-electron chi connectivity index (χ0n) is 10.7. The number of hydrogen-bond acceptors (Lipinski definition) is 2. The van der Waals surface area contributed by atoms with Crippen LogP contribution < -0.4 is 5.32 Å². The Morgan fingerprint density at radius 1 is 1.11 bits per heavy atom. The molecule has 0 aliphatic carbocycles. The lowest BCUT2D eigenvalue weighted by Crippen LogP contribution is -2.00. The first-order chi connectivity index (χ1) is 8.95. The summed E-state index contributed by atoms with van der Waals surface area (Å²) in [5, 5.41) is 12.3. The maximum Gasteiger partial charge on any atom is 0.335 e. The van der Waals surface area contributed by atoms with Crippen molar-refractivity contribution < 1.29 is 9.90 Å². The largest absolute Gasteiger partial charge is 0.478 e. The van der Waals surface area contributed by atoms with Gasteiger partial charge in [-0.3, -0.25) is 0 Å². The van der Waals surface area contributed by atoms with Crippen molar-refractivity contribution in [1.82, 2.24) is 0 Å². The summed E-state index contributed by atoms with van der Waals surface area (Å²) in [7, 11) is 0. The van der Waals surface area contributed by atoms with Crippen molar-refractivity contribution in [2.24, 2.45) is 0 Å². The Labute approximate surface area is 120 Å². The Morgan fingerprint density at radius 2 is 1.84 bits per heavy atom. The average Bonchev–Trinajstić information content (AvgIpc) is 2.26. The van der Waals surface area contributed by atoms with Crippen molar-refractivity contribution in [3.8, 4) is 0 Å². The van der Waals surface area contributed by atoms with Gasteiger partial charge in [-0.15, -0.1) is 0 Å². The first-order valence-corrected chi connectivity index (χ1v) is 6.63. The third-order valence-corrected chi connectivity index (χ3v) is 3.25. The van der Waals surface area contributed by atoms with Gasteiger partial charge in [0.1, 0.15) is 0 Å². The van der Waals surface area contributed by atoms with Gasteiger partial charge < -0.3 is 10.4 Å². The van der Waals surface area contributed by atoms with E-state index in [2.05, 4.69) is 21.2 Å². The lowest BCUT2D eigenvalue weighted by atomic mass is 10.1. The van der Waals surface area contributed by atoms with Crippen molar-refractivity contribution in [2.45, 2.75) is 13.8 Å². The summed E-state index contributed by atoms with van der Waals surface area (Å²) in [6.07, 6.45) is 0. The van der Waals surface area contributed by atoms with Gasteiger partial charge in [0.2, 0.25) is 0 Å². The Bertz CT molecular complexity index is 618. The molecule has 2 aromatic carbocycles. The normalized spacial score (nSPS) is 10.3. The number of carboxylic acid groups (broad SMARTS) is 1. The average molecular weight is 320 g/mol. The van der Waals surface area contributed by atoms with Crippen LogP contribution in [-0.2, 0) is 0 Å². The number of carbonyl (C=O) groups is 1. The maximum absolute atomic E-state index is 11.0. The zero-order chi connectivity index (χ0) is 14.0. The molecule has 0 radical (unpaired) electrons. The van der Waals surface area contributed by atoms with Crippen LogP contribution in [0.1, 0.15) is 21.5 Å². The Balaban J connectivity index is 2.28. The van der Waals surface area contributed by atoms with Crippen LogP contribution in [0.3, 0.4) is 0 Å². The van der Waals surface area contributed by atoms with Crippen LogP contribution in [0.5, 0.6) is 0 Å². The number of anilines is 2. The number of benzene rings is 2. The molecule has 2 N–H and O–H groups in total. The number of hydrogen-bond donors (Lipinski definition) is 2. The molecule has 4 heteroatoms. The quantitative estimate of drug-likeness (QED) is 0.875. The van der Waals surface area contributed by atoms with E-state index in [-0.39, 0.29) is 0 Å². The first-order valence-electron chi connectivity index (χ1n) is 5.84. The van der Waals surface area contributed by atoms with Crippen LogP contribution in [0, 0.1) is 13.8 Å². The Hall–Kier alpha value is -1.81. The standard InChI is InChI=1S/C15H14BrNO2/c1-9-5-11(16)8-13(6-9)17-12-3-4-14(15(18)19)10(2)7-12/h3-8,17H,1-2H3,(H,18,19). The molecular formula is C15H14BrNO2. The third-order valence-electron chi connectivity index (χ3n) is 2.79. The highest BCUT2D eigenvalue weighted by atomic mass is 79.9. The Morgan fingerprint density at radius 3 is 2.42 bits per heavy atom. The highest BCUT2D eigenvalue weighted by Gasteiger charge is 2.07. The number of rotatable bonds is 3. The predicted molar refractivity (Wildman–Crippen MR) is 80.3 cm³/mol. The zero-order valence-corrected chi connectivity index (χ0v) is 12.3. The van der Waals surface area contributed by atoms with E-state index in [0.717, 1.165) is 27.0 Å². The minimum absolute atomic E-state index is 0.330. The second-order valence-electron chi connectivity index (χ2n) is 4.48. The topological polar surface area (TPSA) is 49.3 Å². The second-order valence-corrected chi connectivity index (χ2v) is 5.39. The van der Waals surface area contributed by atoms with Gasteiger partial charge in [-0.05, 0) is 61.4 Å². The number of aromatic carboxylic acids is 1. The van der Waals surface area contributed by atoms with E-state index in [0.29, 0.717) is 5.56 Å². The molecule has 19 heavy (non-hydrogen) atoms.